The van der Waals surface area contributed by atoms with E-state index in [9.17, 15) is 0 Å². The van der Waals surface area contributed by atoms with Gasteiger partial charge < -0.3 is 0 Å². The van der Waals surface area contributed by atoms with E-state index in [1.807, 2.05) is 12.1 Å². The van der Waals surface area contributed by atoms with Crippen molar-refractivity contribution < 1.29 is 0 Å². The fourth-order valence-corrected chi connectivity index (χ4v) is 1.64. The molecule has 15 heavy (non-hydrogen) atoms. The number of unbranched alkanes of at least 4 members (excludes halogenated alkanes) is 7. The summed E-state index contributed by atoms with van der Waals surface area (Å²) in [5, 5.41) is 17.1. The van der Waals surface area contributed by atoms with Crippen LogP contribution in [0.4, 0.5) is 0 Å². The Labute approximate surface area is 93.9 Å². The molecule has 0 heterocycles. The van der Waals surface area contributed by atoms with E-state index in [0.717, 1.165) is 12.8 Å². The first-order valence-corrected chi connectivity index (χ1v) is 6.14. The maximum absolute atomic E-state index is 8.55. The van der Waals surface area contributed by atoms with Gasteiger partial charge in [-0.3, -0.25) is 0 Å². The molecule has 0 spiro atoms. The second-order valence-electron chi connectivity index (χ2n) is 4.07. The third-order valence-electron chi connectivity index (χ3n) is 2.66. The van der Waals surface area contributed by atoms with Crippen LogP contribution in [-0.4, -0.2) is 0 Å². The lowest BCUT2D eigenvalue weighted by atomic mass is 10.0. The van der Waals surface area contributed by atoms with Gasteiger partial charge in [0.15, 0.2) is 0 Å². The van der Waals surface area contributed by atoms with Gasteiger partial charge in [-0.25, -0.2) is 0 Å². The second kappa shape index (κ2) is 11.1. The molecular formula is C13H22N2. The molecule has 0 N–H and O–H groups in total. The van der Waals surface area contributed by atoms with Crippen LogP contribution in [0.3, 0.4) is 0 Å². The summed E-state index contributed by atoms with van der Waals surface area (Å²) in [5.74, 6) is -0.384. The minimum atomic E-state index is -0.384. The molecule has 0 aliphatic rings. The number of rotatable bonds is 9. The standard InChI is InChI=1S/C13H22N2/c1-2-3-4-5-6-7-8-9-10-13(11-14)12-15/h13H,2-10H2,1H3. The fraction of sp³-hybridized carbons (Fsp3) is 0.846. The van der Waals surface area contributed by atoms with Gasteiger partial charge in [0, 0.05) is 0 Å². The highest BCUT2D eigenvalue weighted by Crippen LogP contribution is 2.12. The Hall–Kier alpha value is -1.02. The average molecular weight is 206 g/mol. The molecule has 0 unspecified atom stereocenters. The van der Waals surface area contributed by atoms with Gasteiger partial charge in [-0.2, -0.15) is 10.5 Å². The lowest BCUT2D eigenvalue weighted by molar-refractivity contribution is 0.552. The van der Waals surface area contributed by atoms with Gasteiger partial charge in [-0.05, 0) is 6.42 Å². The molecule has 0 aliphatic carbocycles. The minimum absolute atomic E-state index is 0.384. The molecule has 0 radical (unpaired) electrons. The van der Waals surface area contributed by atoms with Gasteiger partial charge in [0.25, 0.3) is 0 Å². The number of nitrogens with zero attached hydrogens (tertiary/aromatic N) is 2. The van der Waals surface area contributed by atoms with Crippen molar-refractivity contribution in [3.63, 3.8) is 0 Å². The first kappa shape index (κ1) is 14.0. The van der Waals surface area contributed by atoms with Gasteiger partial charge in [-0.15, -0.1) is 0 Å². The van der Waals surface area contributed by atoms with Gasteiger partial charge in [0.05, 0.1) is 12.1 Å². The maximum Gasteiger partial charge on any atom is 0.133 e. The van der Waals surface area contributed by atoms with Crippen molar-refractivity contribution in [2.75, 3.05) is 0 Å². The summed E-state index contributed by atoms with van der Waals surface area (Å²) in [6.07, 6.45) is 10.9. The molecule has 2 heteroatoms. The Morgan fingerprint density at radius 1 is 0.800 bits per heavy atom. The first-order chi connectivity index (χ1) is 7.35. The zero-order chi connectivity index (χ0) is 11.4. The van der Waals surface area contributed by atoms with E-state index in [2.05, 4.69) is 6.92 Å². The second-order valence-corrected chi connectivity index (χ2v) is 4.07. The highest BCUT2D eigenvalue weighted by atomic mass is 14.3. The maximum atomic E-state index is 8.55. The summed E-state index contributed by atoms with van der Waals surface area (Å²) in [4.78, 5) is 0. The molecule has 0 aromatic carbocycles. The van der Waals surface area contributed by atoms with E-state index < -0.39 is 0 Å². The van der Waals surface area contributed by atoms with Crippen molar-refractivity contribution in [2.24, 2.45) is 5.92 Å². The summed E-state index contributed by atoms with van der Waals surface area (Å²) >= 11 is 0. The Balaban J connectivity index is 3.12. The van der Waals surface area contributed by atoms with Gasteiger partial charge in [0.1, 0.15) is 5.92 Å². The number of hydrogen-bond donors (Lipinski definition) is 0. The molecule has 0 saturated heterocycles. The molecule has 0 atom stereocenters. The van der Waals surface area contributed by atoms with E-state index in [4.69, 9.17) is 10.5 Å². The van der Waals surface area contributed by atoms with Crippen LogP contribution in [0.5, 0.6) is 0 Å². The summed E-state index contributed by atoms with van der Waals surface area (Å²) < 4.78 is 0. The van der Waals surface area contributed by atoms with Crippen LogP contribution >= 0.6 is 0 Å². The highest BCUT2D eigenvalue weighted by molar-refractivity contribution is 4.98. The fourth-order valence-electron chi connectivity index (χ4n) is 1.64. The van der Waals surface area contributed by atoms with Crippen molar-refractivity contribution in [3.8, 4) is 12.1 Å². The van der Waals surface area contributed by atoms with E-state index in [0.29, 0.717) is 0 Å². The van der Waals surface area contributed by atoms with Gasteiger partial charge in [0.2, 0.25) is 0 Å². The SMILES string of the molecule is CCCCCCCCCCC(C#N)C#N. The predicted molar refractivity (Wildman–Crippen MR) is 61.9 cm³/mol. The highest BCUT2D eigenvalue weighted by Gasteiger charge is 2.03. The van der Waals surface area contributed by atoms with Gasteiger partial charge >= 0.3 is 0 Å². The molecule has 0 aromatic heterocycles. The molecule has 0 aromatic rings. The third kappa shape index (κ3) is 9.29. The quantitative estimate of drug-likeness (QED) is 0.531. The zero-order valence-electron chi connectivity index (χ0n) is 9.84. The zero-order valence-corrected chi connectivity index (χ0v) is 9.84. The molecule has 2 nitrogen and oxygen atoms in total. The van der Waals surface area contributed by atoms with Crippen molar-refractivity contribution in [1.82, 2.24) is 0 Å². The van der Waals surface area contributed by atoms with Crippen LogP contribution < -0.4 is 0 Å². The lowest BCUT2D eigenvalue weighted by Crippen LogP contribution is -1.92. The monoisotopic (exact) mass is 206 g/mol. The summed E-state index contributed by atoms with van der Waals surface area (Å²) in [6, 6.07) is 4.02. The van der Waals surface area contributed by atoms with E-state index >= 15 is 0 Å². The van der Waals surface area contributed by atoms with E-state index in [-0.39, 0.29) is 5.92 Å². The number of nitriles is 2. The van der Waals surface area contributed by atoms with Crippen LogP contribution in [0.1, 0.15) is 64.7 Å². The molecule has 0 saturated carbocycles. The summed E-state index contributed by atoms with van der Waals surface area (Å²) in [5.41, 5.74) is 0. The smallest absolute Gasteiger partial charge is 0.133 e. The van der Waals surface area contributed by atoms with E-state index in [1.165, 1.54) is 44.9 Å². The largest absolute Gasteiger partial charge is 0.197 e. The van der Waals surface area contributed by atoms with Crippen LogP contribution in [0.15, 0.2) is 0 Å². The molecule has 0 fully saturated rings. The van der Waals surface area contributed by atoms with Crippen molar-refractivity contribution in [2.45, 2.75) is 64.7 Å². The minimum Gasteiger partial charge on any atom is -0.197 e. The van der Waals surface area contributed by atoms with Crippen molar-refractivity contribution in [1.29, 1.82) is 10.5 Å². The molecule has 84 valence electrons. The Bertz CT molecular complexity index is 196. The molecule has 0 amide bonds. The van der Waals surface area contributed by atoms with E-state index in [1.54, 1.807) is 0 Å². The molecule has 0 aliphatic heterocycles. The molecule has 0 bridgehead atoms. The van der Waals surface area contributed by atoms with Crippen LogP contribution in [0.25, 0.3) is 0 Å². The summed E-state index contributed by atoms with van der Waals surface area (Å²) in [7, 11) is 0. The third-order valence-corrected chi connectivity index (χ3v) is 2.66. The normalized spacial score (nSPS) is 9.87. The lowest BCUT2D eigenvalue weighted by Gasteiger charge is -2.01. The van der Waals surface area contributed by atoms with Crippen LogP contribution in [0.2, 0.25) is 0 Å². The summed E-state index contributed by atoms with van der Waals surface area (Å²) in [6.45, 7) is 2.23. The topological polar surface area (TPSA) is 47.6 Å². The van der Waals surface area contributed by atoms with Crippen LogP contribution in [0, 0.1) is 28.6 Å². The number of hydrogen-bond acceptors (Lipinski definition) is 2. The average Bonchev–Trinajstić information content (AvgIpc) is 2.27. The van der Waals surface area contributed by atoms with Crippen molar-refractivity contribution >= 4 is 0 Å². The Kier molecular flexibility index (Phi) is 10.3. The predicted octanol–water partition coefficient (Wildman–Crippen LogP) is 4.18. The first-order valence-electron chi connectivity index (χ1n) is 6.14. The molecular weight excluding hydrogens is 184 g/mol. The van der Waals surface area contributed by atoms with Gasteiger partial charge in [-0.1, -0.05) is 58.3 Å². The Morgan fingerprint density at radius 2 is 1.27 bits per heavy atom. The molecule has 0 rings (SSSR count). The Morgan fingerprint density at radius 3 is 1.73 bits per heavy atom. The van der Waals surface area contributed by atoms with Crippen LogP contribution in [-0.2, 0) is 0 Å². The van der Waals surface area contributed by atoms with Crippen molar-refractivity contribution in [3.05, 3.63) is 0 Å².